The standard InChI is InChI=1S/C21H26N4O/c1-15(2)24-16(3)20-10-11-21(25-17(20)4)19-8-6-18(7-9-19)14-22-12-5-13-23-26/h6-11,22H,1,5,12-14H2,2-4H3. The van der Waals surface area contributed by atoms with Crippen molar-refractivity contribution in [3.8, 4) is 11.3 Å². The Morgan fingerprint density at radius 1 is 1.15 bits per heavy atom. The second-order valence-electron chi connectivity index (χ2n) is 6.34. The summed E-state index contributed by atoms with van der Waals surface area (Å²) in [6.07, 6.45) is 0.769. The fourth-order valence-electron chi connectivity index (χ4n) is 2.75. The van der Waals surface area contributed by atoms with Crippen molar-refractivity contribution >= 4 is 5.71 Å². The van der Waals surface area contributed by atoms with E-state index < -0.39 is 0 Å². The second-order valence-corrected chi connectivity index (χ2v) is 6.34. The predicted octanol–water partition coefficient (Wildman–Crippen LogP) is 4.65. The first kappa shape index (κ1) is 19.7. The van der Waals surface area contributed by atoms with Crippen molar-refractivity contribution in [2.75, 3.05) is 13.1 Å². The van der Waals surface area contributed by atoms with E-state index >= 15 is 0 Å². The molecule has 0 radical (unpaired) electrons. The summed E-state index contributed by atoms with van der Waals surface area (Å²) in [6, 6.07) is 12.5. The lowest BCUT2D eigenvalue weighted by Gasteiger charge is -2.09. The molecular weight excluding hydrogens is 324 g/mol. The van der Waals surface area contributed by atoms with Crippen LogP contribution in [0.1, 0.15) is 37.1 Å². The lowest BCUT2D eigenvalue weighted by Crippen LogP contribution is -2.15. The number of benzene rings is 1. The van der Waals surface area contributed by atoms with Crippen LogP contribution in [0.5, 0.6) is 0 Å². The van der Waals surface area contributed by atoms with Crippen LogP contribution in [-0.4, -0.2) is 23.8 Å². The first-order valence-electron chi connectivity index (χ1n) is 8.79. The molecule has 0 aliphatic rings. The molecule has 0 spiro atoms. The molecule has 26 heavy (non-hydrogen) atoms. The minimum absolute atomic E-state index is 0.365. The third-order valence-corrected chi connectivity index (χ3v) is 4.02. The maximum atomic E-state index is 10.0. The third-order valence-electron chi connectivity index (χ3n) is 4.02. The van der Waals surface area contributed by atoms with E-state index in [1.807, 2.05) is 26.8 Å². The molecule has 2 aromatic rings. The van der Waals surface area contributed by atoms with E-state index in [9.17, 15) is 4.91 Å². The number of nitroso groups, excluding NO2 is 1. The normalized spacial score (nSPS) is 11.4. The minimum atomic E-state index is 0.365. The highest BCUT2D eigenvalue weighted by Gasteiger charge is 2.07. The first-order valence-corrected chi connectivity index (χ1v) is 8.79. The quantitative estimate of drug-likeness (QED) is 0.407. The summed E-state index contributed by atoms with van der Waals surface area (Å²) < 4.78 is 0. The summed E-state index contributed by atoms with van der Waals surface area (Å²) in [4.78, 5) is 19.2. The molecule has 0 atom stereocenters. The molecule has 5 nitrogen and oxygen atoms in total. The van der Waals surface area contributed by atoms with Crippen molar-refractivity contribution in [2.24, 2.45) is 10.2 Å². The van der Waals surface area contributed by atoms with Crippen LogP contribution in [0.25, 0.3) is 11.3 Å². The summed E-state index contributed by atoms with van der Waals surface area (Å²) in [5.74, 6) is 0. The Morgan fingerprint density at radius 2 is 1.88 bits per heavy atom. The summed E-state index contributed by atoms with van der Waals surface area (Å²) in [7, 11) is 0. The largest absolute Gasteiger partial charge is 0.313 e. The smallest absolute Gasteiger partial charge is 0.0823 e. The molecule has 136 valence electrons. The predicted molar refractivity (Wildman–Crippen MR) is 108 cm³/mol. The van der Waals surface area contributed by atoms with Crippen molar-refractivity contribution in [2.45, 2.75) is 33.7 Å². The molecule has 0 fully saturated rings. The molecule has 0 aliphatic carbocycles. The van der Waals surface area contributed by atoms with Crippen molar-refractivity contribution in [3.05, 3.63) is 70.4 Å². The van der Waals surface area contributed by atoms with Crippen LogP contribution in [0.3, 0.4) is 0 Å². The van der Waals surface area contributed by atoms with Crippen LogP contribution in [-0.2, 0) is 6.54 Å². The molecule has 5 heteroatoms. The number of aromatic nitrogens is 1. The van der Waals surface area contributed by atoms with Gasteiger partial charge in [0.1, 0.15) is 0 Å². The number of nitrogens with zero attached hydrogens (tertiary/aromatic N) is 3. The molecule has 0 bridgehead atoms. The average molecular weight is 350 g/mol. The topological polar surface area (TPSA) is 66.7 Å². The van der Waals surface area contributed by atoms with E-state index in [0.29, 0.717) is 6.54 Å². The van der Waals surface area contributed by atoms with Crippen molar-refractivity contribution < 1.29 is 0 Å². The van der Waals surface area contributed by atoms with Gasteiger partial charge in [0.2, 0.25) is 0 Å². The highest BCUT2D eigenvalue weighted by atomic mass is 16.3. The van der Waals surface area contributed by atoms with Gasteiger partial charge in [-0.05, 0) is 51.4 Å². The van der Waals surface area contributed by atoms with Gasteiger partial charge in [0.25, 0.3) is 0 Å². The molecule has 0 saturated heterocycles. The zero-order valence-electron chi connectivity index (χ0n) is 15.7. The number of aliphatic imine (C=N–C) groups is 1. The Labute approximate surface area is 155 Å². The molecule has 0 aliphatic heterocycles. The molecule has 1 aromatic heterocycles. The minimum Gasteiger partial charge on any atom is -0.313 e. The Balaban J connectivity index is 2.06. The zero-order valence-corrected chi connectivity index (χ0v) is 15.7. The maximum Gasteiger partial charge on any atom is 0.0823 e. The van der Waals surface area contributed by atoms with E-state index in [2.05, 4.69) is 52.4 Å². The molecule has 2 rings (SSSR count). The summed E-state index contributed by atoms with van der Waals surface area (Å²) in [6.45, 7) is 11.6. The Kier molecular flexibility index (Phi) is 7.36. The highest BCUT2D eigenvalue weighted by Crippen LogP contribution is 2.20. The SMILES string of the molecule is C=C(C)N=C(C)c1ccc(-c2ccc(CNCCCN=O)cc2)nc1C. The van der Waals surface area contributed by atoms with Crippen LogP contribution >= 0.6 is 0 Å². The number of nitrogens with one attached hydrogen (secondary N) is 1. The van der Waals surface area contributed by atoms with Gasteiger partial charge in [0.05, 0.1) is 12.2 Å². The van der Waals surface area contributed by atoms with Crippen molar-refractivity contribution in [3.63, 3.8) is 0 Å². The van der Waals surface area contributed by atoms with Gasteiger partial charge in [0, 0.05) is 34.8 Å². The summed E-state index contributed by atoms with van der Waals surface area (Å²) in [5.41, 5.74) is 6.96. The van der Waals surface area contributed by atoms with E-state index in [1.165, 1.54) is 5.56 Å². The average Bonchev–Trinajstić information content (AvgIpc) is 2.61. The summed E-state index contributed by atoms with van der Waals surface area (Å²) in [5, 5.41) is 6.16. The Hall–Kier alpha value is -2.66. The van der Waals surface area contributed by atoms with Gasteiger partial charge < -0.3 is 5.32 Å². The monoisotopic (exact) mass is 350 g/mol. The molecule has 0 unspecified atom stereocenters. The number of pyridine rings is 1. The lowest BCUT2D eigenvalue weighted by atomic mass is 10.0. The van der Waals surface area contributed by atoms with E-state index in [-0.39, 0.29) is 0 Å². The van der Waals surface area contributed by atoms with Crippen LogP contribution in [0.4, 0.5) is 0 Å². The van der Waals surface area contributed by atoms with Gasteiger partial charge in [-0.1, -0.05) is 36.0 Å². The number of rotatable bonds is 9. The van der Waals surface area contributed by atoms with Gasteiger partial charge in [0.15, 0.2) is 0 Å². The maximum absolute atomic E-state index is 10.0. The van der Waals surface area contributed by atoms with Crippen LogP contribution in [0, 0.1) is 11.8 Å². The zero-order chi connectivity index (χ0) is 18.9. The van der Waals surface area contributed by atoms with Gasteiger partial charge in [-0.15, -0.1) is 0 Å². The number of hydrogen-bond acceptors (Lipinski definition) is 5. The van der Waals surface area contributed by atoms with Crippen molar-refractivity contribution in [1.29, 1.82) is 0 Å². The first-order chi connectivity index (χ1) is 12.5. The molecule has 0 amide bonds. The molecule has 1 aromatic carbocycles. The lowest BCUT2D eigenvalue weighted by molar-refractivity contribution is 0.655. The Bertz CT molecular complexity index is 794. The fourth-order valence-corrected chi connectivity index (χ4v) is 2.75. The highest BCUT2D eigenvalue weighted by molar-refractivity contribution is 6.00. The number of aryl methyl sites for hydroxylation is 1. The van der Waals surface area contributed by atoms with E-state index in [4.69, 9.17) is 4.98 Å². The third kappa shape index (κ3) is 5.70. The fraction of sp³-hybridized carbons (Fsp3) is 0.333. The van der Waals surface area contributed by atoms with Gasteiger partial charge in [-0.3, -0.25) is 9.98 Å². The van der Waals surface area contributed by atoms with Gasteiger partial charge >= 0.3 is 0 Å². The van der Waals surface area contributed by atoms with Crippen LogP contribution < -0.4 is 5.32 Å². The number of allylic oxidation sites excluding steroid dienone is 1. The van der Waals surface area contributed by atoms with Gasteiger partial charge in [-0.2, -0.15) is 4.91 Å². The van der Waals surface area contributed by atoms with E-state index in [0.717, 1.165) is 53.4 Å². The summed E-state index contributed by atoms with van der Waals surface area (Å²) >= 11 is 0. The van der Waals surface area contributed by atoms with E-state index in [1.54, 1.807) is 0 Å². The molecule has 1 heterocycles. The molecule has 1 N–H and O–H groups in total. The second kappa shape index (κ2) is 9.73. The van der Waals surface area contributed by atoms with Crippen LogP contribution in [0.2, 0.25) is 0 Å². The Morgan fingerprint density at radius 3 is 2.50 bits per heavy atom. The number of hydrogen-bond donors (Lipinski definition) is 1. The van der Waals surface area contributed by atoms with Gasteiger partial charge in [-0.25, -0.2) is 0 Å². The van der Waals surface area contributed by atoms with Crippen LogP contribution in [0.15, 0.2) is 58.8 Å². The van der Waals surface area contributed by atoms with Crippen molar-refractivity contribution in [1.82, 2.24) is 10.3 Å². The molecular formula is C21H26N4O. The molecule has 0 saturated carbocycles.